The van der Waals surface area contributed by atoms with Crippen LogP contribution in [0.25, 0.3) is 0 Å². The van der Waals surface area contributed by atoms with Gasteiger partial charge in [-0.25, -0.2) is 0 Å². The molecule has 0 saturated carbocycles. The van der Waals surface area contributed by atoms with E-state index in [4.69, 9.17) is 23.2 Å². The van der Waals surface area contributed by atoms with Crippen LogP contribution in [0.4, 0.5) is 11.4 Å². The molecule has 0 unspecified atom stereocenters. The summed E-state index contributed by atoms with van der Waals surface area (Å²) in [6.45, 7) is 8.24. The molecule has 0 aliphatic carbocycles. The zero-order valence-corrected chi connectivity index (χ0v) is 15.8. The molecule has 0 saturated heterocycles. The van der Waals surface area contributed by atoms with Crippen molar-refractivity contribution in [3.63, 3.8) is 0 Å². The highest BCUT2D eigenvalue weighted by Gasteiger charge is 2.16. The topological polar surface area (TPSA) is 58.4 Å². The molecule has 132 valence electrons. The summed E-state index contributed by atoms with van der Waals surface area (Å²) in [6.07, 6.45) is 3.17. The largest absolute Gasteiger partial charge is 0.379 e. The third-order valence-electron chi connectivity index (χ3n) is 3.60. The van der Waals surface area contributed by atoms with Crippen LogP contribution in [0, 0.1) is 10.1 Å². The molecule has 8 heteroatoms. The average molecular weight is 385 g/mol. The van der Waals surface area contributed by atoms with E-state index in [1.807, 2.05) is 0 Å². The van der Waals surface area contributed by atoms with Gasteiger partial charge in [0, 0.05) is 12.6 Å². The van der Waals surface area contributed by atoms with Crippen LogP contribution < -0.4 is 5.32 Å². The van der Waals surface area contributed by atoms with E-state index in [-0.39, 0.29) is 23.1 Å². The maximum absolute atomic E-state index is 11.0. The predicted octanol–water partition coefficient (Wildman–Crippen LogP) is 5.25. The van der Waals surface area contributed by atoms with Crippen molar-refractivity contribution in [2.45, 2.75) is 33.1 Å². The molecular formula is C15H24Cl3N3O2. The van der Waals surface area contributed by atoms with E-state index < -0.39 is 4.92 Å². The second-order valence-electron chi connectivity index (χ2n) is 5.05. The number of unbranched alkanes of at least 4 members (excludes halogenated alkanes) is 2. The van der Waals surface area contributed by atoms with Crippen LogP contribution in [-0.4, -0.2) is 36.0 Å². The molecule has 1 aromatic rings. The smallest absolute Gasteiger partial charge is 0.293 e. The normalized spacial score (nSPS) is 10.5. The third-order valence-corrected chi connectivity index (χ3v) is 4.32. The molecular weight excluding hydrogens is 361 g/mol. The SMILES string of the molecule is CCN(CC)CCCCCNc1cc(Cl)c(Cl)cc1[N+](=O)[O-].Cl. The fraction of sp³-hybridized carbons (Fsp3) is 0.600. The Bertz CT molecular complexity index is 497. The van der Waals surface area contributed by atoms with E-state index in [1.165, 1.54) is 12.1 Å². The van der Waals surface area contributed by atoms with E-state index in [9.17, 15) is 10.1 Å². The molecule has 0 fully saturated rings. The number of hydrogen-bond donors (Lipinski definition) is 1. The first-order valence-electron chi connectivity index (χ1n) is 7.59. The minimum atomic E-state index is -0.453. The zero-order valence-electron chi connectivity index (χ0n) is 13.5. The highest BCUT2D eigenvalue weighted by Crippen LogP contribution is 2.33. The number of halogens is 3. The number of nitro benzene ring substituents is 1. The molecule has 0 radical (unpaired) electrons. The Morgan fingerprint density at radius 3 is 2.30 bits per heavy atom. The quantitative estimate of drug-likeness (QED) is 0.340. The van der Waals surface area contributed by atoms with Crippen molar-refractivity contribution in [1.82, 2.24) is 4.90 Å². The Hall–Kier alpha value is -0.750. The van der Waals surface area contributed by atoms with Crippen molar-refractivity contribution in [2.75, 3.05) is 31.5 Å². The van der Waals surface area contributed by atoms with Crippen molar-refractivity contribution in [3.8, 4) is 0 Å². The fourth-order valence-corrected chi connectivity index (χ4v) is 2.55. The van der Waals surface area contributed by atoms with Gasteiger partial charge >= 0.3 is 0 Å². The van der Waals surface area contributed by atoms with E-state index in [2.05, 4.69) is 24.1 Å². The Kier molecular flexibility index (Phi) is 11.4. The van der Waals surface area contributed by atoms with E-state index in [0.717, 1.165) is 38.9 Å². The Morgan fingerprint density at radius 1 is 1.13 bits per heavy atom. The number of nitro groups is 1. The first-order valence-corrected chi connectivity index (χ1v) is 8.34. The van der Waals surface area contributed by atoms with Gasteiger partial charge in [0.25, 0.3) is 5.69 Å². The van der Waals surface area contributed by atoms with Crippen molar-refractivity contribution in [1.29, 1.82) is 0 Å². The molecule has 0 aliphatic rings. The third kappa shape index (κ3) is 7.57. The summed E-state index contributed by atoms with van der Waals surface area (Å²) in [7, 11) is 0. The first-order chi connectivity index (χ1) is 10.5. The van der Waals surface area contributed by atoms with Gasteiger partial charge in [-0.2, -0.15) is 0 Å². The molecule has 0 bridgehead atoms. The molecule has 0 aromatic heterocycles. The van der Waals surface area contributed by atoms with Crippen LogP contribution in [0.1, 0.15) is 33.1 Å². The van der Waals surface area contributed by atoms with Crippen molar-refractivity contribution in [3.05, 3.63) is 32.3 Å². The summed E-state index contributed by atoms with van der Waals surface area (Å²) in [5, 5.41) is 14.6. The lowest BCUT2D eigenvalue weighted by molar-refractivity contribution is -0.383. The van der Waals surface area contributed by atoms with Gasteiger partial charge in [0.05, 0.1) is 15.0 Å². The number of nitrogens with zero attached hydrogens (tertiary/aromatic N) is 2. The molecule has 0 atom stereocenters. The lowest BCUT2D eigenvalue weighted by Gasteiger charge is -2.17. The van der Waals surface area contributed by atoms with E-state index in [1.54, 1.807) is 0 Å². The number of rotatable bonds is 10. The summed E-state index contributed by atoms with van der Waals surface area (Å²) in [4.78, 5) is 13.0. The van der Waals surface area contributed by atoms with E-state index in [0.29, 0.717) is 17.3 Å². The maximum Gasteiger partial charge on any atom is 0.293 e. The lowest BCUT2D eigenvalue weighted by Crippen LogP contribution is -2.23. The van der Waals surface area contributed by atoms with Gasteiger partial charge in [0.2, 0.25) is 0 Å². The van der Waals surface area contributed by atoms with Gasteiger partial charge in [-0.3, -0.25) is 10.1 Å². The fourth-order valence-electron chi connectivity index (χ4n) is 2.23. The highest BCUT2D eigenvalue weighted by atomic mass is 35.5. The highest BCUT2D eigenvalue weighted by molar-refractivity contribution is 6.42. The van der Waals surface area contributed by atoms with Gasteiger partial charge in [0.1, 0.15) is 5.69 Å². The Labute approximate surface area is 153 Å². The van der Waals surface area contributed by atoms with Crippen molar-refractivity contribution < 1.29 is 4.92 Å². The Morgan fingerprint density at radius 2 is 1.74 bits per heavy atom. The van der Waals surface area contributed by atoms with Gasteiger partial charge in [-0.15, -0.1) is 12.4 Å². The van der Waals surface area contributed by atoms with Crippen LogP contribution in [0.5, 0.6) is 0 Å². The lowest BCUT2D eigenvalue weighted by atomic mass is 10.2. The summed E-state index contributed by atoms with van der Waals surface area (Å²) in [5.74, 6) is 0. The monoisotopic (exact) mass is 383 g/mol. The molecule has 1 N–H and O–H groups in total. The molecule has 5 nitrogen and oxygen atoms in total. The van der Waals surface area contributed by atoms with Gasteiger partial charge in [-0.05, 0) is 38.5 Å². The number of hydrogen-bond acceptors (Lipinski definition) is 4. The average Bonchev–Trinajstić information content (AvgIpc) is 2.49. The standard InChI is InChI=1S/C15H23Cl2N3O2.ClH/c1-3-19(4-2)9-7-5-6-8-18-14-10-12(16)13(17)11-15(14)20(21)22;/h10-11,18H,3-9H2,1-2H3;1H. The summed E-state index contributed by atoms with van der Waals surface area (Å²) in [6, 6.07) is 2.80. The molecule has 0 amide bonds. The second kappa shape index (κ2) is 11.7. The maximum atomic E-state index is 11.0. The number of benzene rings is 1. The molecule has 0 spiro atoms. The van der Waals surface area contributed by atoms with Crippen LogP contribution >= 0.6 is 35.6 Å². The van der Waals surface area contributed by atoms with E-state index >= 15 is 0 Å². The summed E-state index contributed by atoms with van der Waals surface area (Å²) >= 11 is 11.7. The van der Waals surface area contributed by atoms with Crippen LogP contribution in [0.3, 0.4) is 0 Å². The summed E-state index contributed by atoms with van der Waals surface area (Å²) < 4.78 is 0. The Balaban J connectivity index is 0.00000484. The van der Waals surface area contributed by atoms with Crippen molar-refractivity contribution >= 4 is 47.0 Å². The minimum absolute atomic E-state index is 0. The van der Waals surface area contributed by atoms with Crippen LogP contribution in [0.2, 0.25) is 10.0 Å². The number of nitrogens with one attached hydrogen (secondary N) is 1. The summed E-state index contributed by atoms with van der Waals surface area (Å²) in [5.41, 5.74) is 0.376. The molecule has 23 heavy (non-hydrogen) atoms. The van der Waals surface area contributed by atoms with Crippen LogP contribution in [0.15, 0.2) is 12.1 Å². The molecule has 0 aliphatic heterocycles. The van der Waals surface area contributed by atoms with Gasteiger partial charge < -0.3 is 10.2 Å². The zero-order chi connectivity index (χ0) is 16.5. The first kappa shape index (κ1) is 22.2. The molecule has 0 heterocycles. The second-order valence-corrected chi connectivity index (χ2v) is 5.87. The molecule has 1 rings (SSSR count). The molecule has 1 aromatic carbocycles. The number of anilines is 1. The van der Waals surface area contributed by atoms with Crippen LogP contribution in [-0.2, 0) is 0 Å². The predicted molar refractivity (Wildman–Crippen MR) is 100 cm³/mol. The van der Waals surface area contributed by atoms with Gasteiger partial charge in [0.15, 0.2) is 0 Å². The minimum Gasteiger partial charge on any atom is -0.379 e. The van der Waals surface area contributed by atoms with Crippen molar-refractivity contribution in [2.24, 2.45) is 0 Å². The van der Waals surface area contributed by atoms with Gasteiger partial charge in [-0.1, -0.05) is 43.5 Å².